The van der Waals surface area contributed by atoms with Crippen LogP contribution in [0, 0.1) is 5.92 Å². The third-order valence-corrected chi connectivity index (χ3v) is 2.98. The van der Waals surface area contributed by atoms with Gasteiger partial charge in [0, 0.05) is 30.6 Å². The van der Waals surface area contributed by atoms with Gasteiger partial charge in [0.05, 0.1) is 0 Å². The summed E-state index contributed by atoms with van der Waals surface area (Å²) in [4.78, 5) is 11.3. The molecule has 0 fully saturated rings. The number of halogens is 1. The molecule has 0 aliphatic carbocycles. The zero-order valence-corrected chi connectivity index (χ0v) is 11.2. The van der Waals surface area contributed by atoms with E-state index in [2.05, 4.69) is 10.6 Å². The summed E-state index contributed by atoms with van der Waals surface area (Å²) in [5.41, 5.74) is 0.982. The van der Waals surface area contributed by atoms with Crippen molar-refractivity contribution in [2.75, 3.05) is 19.7 Å². The first-order chi connectivity index (χ1) is 8.67. The number of aliphatic hydroxyl groups is 1. The minimum Gasteiger partial charge on any atom is -0.396 e. The number of rotatable bonds is 6. The van der Waals surface area contributed by atoms with Gasteiger partial charge in [-0.1, -0.05) is 29.8 Å². The Morgan fingerprint density at radius 1 is 1.39 bits per heavy atom. The number of amides is 2. The highest BCUT2D eigenvalue weighted by Crippen LogP contribution is 2.18. The molecule has 1 rings (SSSR count). The quantitative estimate of drug-likeness (QED) is 0.738. The summed E-state index contributed by atoms with van der Waals surface area (Å²) in [6, 6.07) is 7.31. The maximum absolute atomic E-state index is 11.3. The number of nitrogens with one attached hydrogen (secondary N) is 2. The lowest BCUT2D eigenvalue weighted by molar-refractivity contribution is 0.214. The summed E-state index contributed by atoms with van der Waals surface area (Å²) in [7, 11) is 0. The van der Waals surface area contributed by atoms with Crippen molar-refractivity contribution in [3.05, 3.63) is 34.9 Å². The molecule has 0 bridgehead atoms. The van der Waals surface area contributed by atoms with Gasteiger partial charge in [-0.05, 0) is 25.0 Å². The van der Waals surface area contributed by atoms with Gasteiger partial charge in [-0.15, -0.1) is 0 Å². The number of urea groups is 1. The first-order valence-corrected chi connectivity index (χ1v) is 6.41. The number of carbonyl (C=O) groups is 1. The monoisotopic (exact) mass is 270 g/mol. The molecule has 4 nitrogen and oxygen atoms in total. The summed E-state index contributed by atoms with van der Waals surface area (Å²) in [5.74, 6) is -0.0347. The molecule has 0 spiro atoms. The van der Waals surface area contributed by atoms with E-state index in [-0.39, 0.29) is 18.6 Å². The predicted molar refractivity (Wildman–Crippen MR) is 72.8 cm³/mol. The van der Waals surface area contributed by atoms with E-state index in [1.807, 2.05) is 31.2 Å². The molecule has 2 amide bonds. The summed E-state index contributed by atoms with van der Waals surface area (Å²) in [5, 5.41) is 15.4. The Hall–Kier alpha value is -1.26. The Balaban J connectivity index is 2.47. The van der Waals surface area contributed by atoms with Crippen LogP contribution in [0.4, 0.5) is 4.79 Å². The first kappa shape index (κ1) is 14.8. The van der Waals surface area contributed by atoms with Crippen molar-refractivity contribution < 1.29 is 9.90 Å². The van der Waals surface area contributed by atoms with E-state index in [1.165, 1.54) is 0 Å². The minimum absolute atomic E-state index is 0.0115. The molecule has 0 saturated carbocycles. The lowest BCUT2D eigenvalue weighted by atomic mass is 10.00. The number of hydrogen-bond donors (Lipinski definition) is 3. The van der Waals surface area contributed by atoms with E-state index < -0.39 is 0 Å². The van der Waals surface area contributed by atoms with Crippen LogP contribution in [0.2, 0.25) is 5.02 Å². The Bertz CT molecular complexity index is 385. The van der Waals surface area contributed by atoms with Gasteiger partial charge in [0.1, 0.15) is 0 Å². The van der Waals surface area contributed by atoms with E-state index in [1.54, 1.807) is 0 Å². The molecule has 1 aromatic rings. The SMILES string of the molecule is CCNC(=O)NC[C@@H](CO)Cc1ccccc1Cl. The normalized spacial score (nSPS) is 11.9. The standard InChI is InChI=1S/C13H19ClN2O2/c1-2-15-13(18)16-8-10(9-17)7-11-5-3-4-6-12(11)14/h3-6,10,17H,2,7-9H2,1H3,(H2,15,16,18)/t10-/m0/s1. The molecule has 100 valence electrons. The van der Waals surface area contributed by atoms with Gasteiger partial charge in [-0.3, -0.25) is 0 Å². The van der Waals surface area contributed by atoms with Crippen LogP contribution in [0.25, 0.3) is 0 Å². The van der Waals surface area contributed by atoms with Gasteiger partial charge >= 0.3 is 6.03 Å². The Morgan fingerprint density at radius 2 is 2.11 bits per heavy atom. The highest BCUT2D eigenvalue weighted by molar-refractivity contribution is 6.31. The lowest BCUT2D eigenvalue weighted by Crippen LogP contribution is -2.39. The van der Waals surface area contributed by atoms with E-state index >= 15 is 0 Å². The summed E-state index contributed by atoms with van der Waals surface area (Å²) in [6.45, 7) is 2.87. The molecule has 0 unspecified atom stereocenters. The highest BCUT2D eigenvalue weighted by atomic mass is 35.5. The van der Waals surface area contributed by atoms with Gasteiger partial charge in [-0.2, -0.15) is 0 Å². The zero-order chi connectivity index (χ0) is 13.4. The summed E-state index contributed by atoms with van der Waals surface area (Å²) >= 11 is 6.06. The van der Waals surface area contributed by atoms with Crippen molar-refractivity contribution in [3.8, 4) is 0 Å². The largest absolute Gasteiger partial charge is 0.396 e. The summed E-state index contributed by atoms with van der Waals surface area (Å²) in [6.07, 6.45) is 0.641. The van der Waals surface area contributed by atoms with Crippen LogP contribution in [0.1, 0.15) is 12.5 Å². The smallest absolute Gasteiger partial charge is 0.314 e. The number of carbonyl (C=O) groups excluding carboxylic acids is 1. The van der Waals surface area contributed by atoms with Gasteiger partial charge < -0.3 is 15.7 Å². The molecular formula is C13H19ClN2O2. The minimum atomic E-state index is -0.213. The lowest BCUT2D eigenvalue weighted by Gasteiger charge is -2.16. The zero-order valence-electron chi connectivity index (χ0n) is 10.4. The average Bonchev–Trinajstić information content (AvgIpc) is 2.37. The molecular weight excluding hydrogens is 252 g/mol. The second-order valence-corrected chi connectivity index (χ2v) is 4.49. The average molecular weight is 271 g/mol. The molecule has 3 N–H and O–H groups in total. The van der Waals surface area contributed by atoms with E-state index in [0.717, 1.165) is 5.56 Å². The maximum atomic E-state index is 11.3. The number of hydrogen-bond acceptors (Lipinski definition) is 2. The fourth-order valence-corrected chi connectivity index (χ4v) is 1.85. The van der Waals surface area contributed by atoms with Crippen LogP contribution < -0.4 is 10.6 Å². The third kappa shape index (κ3) is 4.94. The number of aliphatic hydroxyl groups excluding tert-OH is 1. The Kier molecular flexibility index (Phi) is 6.54. The van der Waals surface area contributed by atoms with Crippen molar-refractivity contribution in [1.82, 2.24) is 10.6 Å². The van der Waals surface area contributed by atoms with E-state index in [9.17, 15) is 9.90 Å². The van der Waals surface area contributed by atoms with Gasteiger partial charge in [0.2, 0.25) is 0 Å². The molecule has 5 heteroatoms. The number of benzene rings is 1. The van der Waals surface area contributed by atoms with Crippen LogP contribution >= 0.6 is 11.6 Å². The Morgan fingerprint density at radius 3 is 2.72 bits per heavy atom. The molecule has 0 aliphatic rings. The van der Waals surface area contributed by atoms with Crippen LogP contribution in [0.3, 0.4) is 0 Å². The second kappa shape index (κ2) is 7.95. The van der Waals surface area contributed by atoms with Crippen molar-refractivity contribution in [1.29, 1.82) is 0 Å². The highest BCUT2D eigenvalue weighted by Gasteiger charge is 2.11. The van der Waals surface area contributed by atoms with Crippen LogP contribution in [-0.2, 0) is 6.42 Å². The third-order valence-electron chi connectivity index (χ3n) is 2.61. The van der Waals surface area contributed by atoms with E-state index in [0.29, 0.717) is 24.5 Å². The maximum Gasteiger partial charge on any atom is 0.314 e. The molecule has 0 aliphatic heterocycles. The molecule has 0 radical (unpaired) electrons. The molecule has 0 saturated heterocycles. The van der Waals surface area contributed by atoms with Crippen molar-refractivity contribution in [2.24, 2.45) is 5.92 Å². The van der Waals surface area contributed by atoms with E-state index in [4.69, 9.17) is 11.6 Å². The predicted octanol–water partition coefficient (Wildman–Crippen LogP) is 1.81. The van der Waals surface area contributed by atoms with Gasteiger partial charge in [-0.25, -0.2) is 4.79 Å². The second-order valence-electron chi connectivity index (χ2n) is 4.08. The van der Waals surface area contributed by atoms with Crippen molar-refractivity contribution >= 4 is 17.6 Å². The molecule has 1 aromatic carbocycles. The van der Waals surface area contributed by atoms with Crippen molar-refractivity contribution in [3.63, 3.8) is 0 Å². The summed E-state index contributed by atoms with van der Waals surface area (Å²) < 4.78 is 0. The molecule has 0 aromatic heterocycles. The molecule has 0 heterocycles. The first-order valence-electron chi connectivity index (χ1n) is 6.03. The van der Waals surface area contributed by atoms with Crippen LogP contribution in [0.15, 0.2) is 24.3 Å². The molecule has 18 heavy (non-hydrogen) atoms. The van der Waals surface area contributed by atoms with Crippen LogP contribution in [-0.4, -0.2) is 30.8 Å². The topological polar surface area (TPSA) is 61.4 Å². The molecule has 1 atom stereocenters. The fourth-order valence-electron chi connectivity index (χ4n) is 1.64. The van der Waals surface area contributed by atoms with Gasteiger partial charge in [0.25, 0.3) is 0 Å². The van der Waals surface area contributed by atoms with Gasteiger partial charge in [0.15, 0.2) is 0 Å². The van der Waals surface area contributed by atoms with Crippen molar-refractivity contribution in [2.45, 2.75) is 13.3 Å². The Labute approximate surface area is 112 Å². The fraction of sp³-hybridized carbons (Fsp3) is 0.462. The van der Waals surface area contributed by atoms with Crippen LogP contribution in [0.5, 0.6) is 0 Å².